The number of hydrogen-bond donors (Lipinski definition) is 1. The van der Waals surface area contributed by atoms with E-state index in [0.29, 0.717) is 19.6 Å². The Labute approximate surface area is 142 Å². The van der Waals surface area contributed by atoms with E-state index in [9.17, 15) is 21.6 Å². The smallest absolute Gasteiger partial charge is 0.251 e. The van der Waals surface area contributed by atoms with Crippen molar-refractivity contribution in [1.82, 2.24) is 5.32 Å². The summed E-state index contributed by atoms with van der Waals surface area (Å²) in [5, 5.41) is 1.74. The number of benzene rings is 1. The van der Waals surface area contributed by atoms with Gasteiger partial charge in [0.05, 0.1) is 21.7 Å². The molecule has 134 valence electrons. The third kappa shape index (κ3) is 4.55. The molecule has 24 heavy (non-hydrogen) atoms. The SMILES string of the molecule is COCCCNC(=O)c1cccc(S(=O)(=O)C2CCS(=O)(=O)C2)c1. The Kier molecular flexibility index (Phi) is 6.00. The molecule has 9 heteroatoms. The van der Waals surface area contributed by atoms with E-state index < -0.39 is 24.9 Å². The maximum absolute atomic E-state index is 12.6. The van der Waals surface area contributed by atoms with Crippen LogP contribution < -0.4 is 5.32 Å². The Bertz CT molecular complexity index is 801. The summed E-state index contributed by atoms with van der Waals surface area (Å²) >= 11 is 0. The zero-order valence-corrected chi connectivity index (χ0v) is 15.0. The van der Waals surface area contributed by atoms with Gasteiger partial charge in [-0.2, -0.15) is 0 Å². The highest BCUT2D eigenvalue weighted by molar-refractivity contribution is 7.96. The van der Waals surface area contributed by atoms with E-state index in [-0.39, 0.29) is 34.3 Å². The van der Waals surface area contributed by atoms with Crippen LogP contribution in [-0.4, -0.2) is 59.8 Å². The van der Waals surface area contributed by atoms with Crippen LogP contribution in [0.2, 0.25) is 0 Å². The largest absolute Gasteiger partial charge is 0.385 e. The van der Waals surface area contributed by atoms with Gasteiger partial charge in [0.15, 0.2) is 19.7 Å². The normalized spacial score (nSPS) is 20.0. The van der Waals surface area contributed by atoms with Crippen LogP contribution in [0, 0.1) is 0 Å². The number of amides is 1. The van der Waals surface area contributed by atoms with Gasteiger partial charge in [0, 0.05) is 25.8 Å². The van der Waals surface area contributed by atoms with Crippen molar-refractivity contribution in [2.24, 2.45) is 0 Å². The van der Waals surface area contributed by atoms with Crippen molar-refractivity contribution in [1.29, 1.82) is 0 Å². The zero-order valence-electron chi connectivity index (χ0n) is 13.4. The predicted molar refractivity (Wildman–Crippen MR) is 89.5 cm³/mol. The quantitative estimate of drug-likeness (QED) is 0.692. The van der Waals surface area contributed by atoms with Gasteiger partial charge in [-0.3, -0.25) is 4.79 Å². The molecule has 0 radical (unpaired) electrons. The summed E-state index contributed by atoms with van der Waals surface area (Å²) in [6.45, 7) is 0.940. The molecule has 1 heterocycles. The molecule has 1 aromatic carbocycles. The summed E-state index contributed by atoms with van der Waals surface area (Å²) in [5.41, 5.74) is 0.231. The molecule has 1 atom stereocenters. The molecule has 1 amide bonds. The summed E-state index contributed by atoms with van der Waals surface area (Å²) in [6.07, 6.45) is 0.748. The van der Waals surface area contributed by atoms with E-state index in [4.69, 9.17) is 4.74 Å². The highest BCUT2D eigenvalue weighted by Crippen LogP contribution is 2.25. The fraction of sp³-hybridized carbons (Fsp3) is 0.533. The molecule has 0 bridgehead atoms. The Morgan fingerprint density at radius 3 is 2.75 bits per heavy atom. The summed E-state index contributed by atoms with van der Waals surface area (Å²) in [4.78, 5) is 12.0. The first-order valence-corrected chi connectivity index (χ1v) is 10.9. The summed E-state index contributed by atoms with van der Waals surface area (Å²) in [6, 6.07) is 5.70. The van der Waals surface area contributed by atoms with E-state index in [1.807, 2.05) is 0 Å². The van der Waals surface area contributed by atoms with E-state index in [1.54, 1.807) is 7.11 Å². The fourth-order valence-corrected chi connectivity index (χ4v) is 6.94. The average Bonchev–Trinajstić information content (AvgIpc) is 2.92. The molecule has 1 aliphatic heterocycles. The second-order valence-electron chi connectivity index (χ2n) is 5.70. The second-order valence-corrected chi connectivity index (χ2v) is 10.2. The minimum Gasteiger partial charge on any atom is -0.385 e. The molecule has 0 aromatic heterocycles. The highest BCUT2D eigenvalue weighted by Gasteiger charge is 2.38. The molecule has 1 saturated heterocycles. The van der Waals surface area contributed by atoms with Crippen molar-refractivity contribution >= 4 is 25.6 Å². The number of ether oxygens (including phenoxy) is 1. The molecule has 1 aromatic rings. The maximum Gasteiger partial charge on any atom is 0.251 e. The molecule has 1 unspecified atom stereocenters. The van der Waals surface area contributed by atoms with Crippen LogP contribution in [0.3, 0.4) is 0 Å². The minimum atomic E-state index is -3.77. The monoisotopic (exact) mass is 375 g/mol. The van der Waals surface area contributed by atoms with Gasteiger partial charge in [0.1, 0.15) is 0 Å². The molecule has 0 aliphatic carbocycles. The van der Waals surface area contributed by atoms with Crippen LogP contribution in [-0.2, 0) is 24.4 Å². The van der Waals surface area contributed by atoms with Gasteiger partial charge in [-0.25, -0.2) is 16.8 Å². The van der Waals surface area contributed by atoms with Gasteiger partial charge in [0.25, 0.3) is 5.91 Å². The van der Waals surface area contributed by atoms with Crippen molar-refractivity contribution in [2.75, 3.05) is 31.8 Å². The van der Waals surface area contributed by atoms with E-state index >= 15 is 0 Å². The van der Waals surface area contributed by atoms with Crippen molar-refractivity contribution in [3.63, 3.8) is 0 Å². The molecule has 0 saturated carbocycles. The molecule has 1 N–H and O–H groups in total. The minimum absolute atomic E-state index is 0.0193. The van der Waals surface area contributed by atoms with E-state index in [2.05, 4.69) is 5.32 Å². The predicted octanol–water partition coefficient (Wildman–Crippen LogP) is 0.414. The fourth-order valence-electron chi connectivity index (χ4n) is 2.53. The molecule has 2 rings (SSSR count). The van der Waals surface area contributed by atoms with Crippen LogP contribution >= 0.6 is 0 Å². The summed E-state index contributed by atoms with van der Waals surface area (Å²) in [7, 11) is -5.51. The van der Waals surface area contributed by atoms with Gasteiger partial charge in [-0.1, -0.05) is 6.07 Å². The summed E-state index contributed by atoms with van der Waals surface area (Å²) < 4.78 is 53.1. The van der Waals surface area contributed by atoms with Crippen molar-refractivity contribution in [2.45, 2.75) is 23.0 Å². The maximum atomic E-state index is 12.6. The molecular formula is C15H21NO6S2. The Hall–Kier alpha value is -1.45. The van der Waals surface area contributed by atoms with Crippen LogP contribution in [0.5, 0.6) is 0 Å². The van der Waals surface area contributed by atoms with Crippen molar-refractivity contribution < 1.29 is 26.4 Å². The second kappa shape index (κ2) is 7.62. The van der Waals surface area contributed by atoms with E-state index in [1.165, 1.54) is 24.3 Å². The van der Waals surface area contributed by atoms with Gasteiger partial charge in [-0.15, -0.1) is 0 Å². The molecule has 0 spiro atoms. The van der Waals surface area contributed by atoms with Gasteiger partial charge >= 0.3 is 0 Å². The summed E-state index contributed by atoms with van der Waals surface area (Å²) in [5.74, 6) is -0.846. The molecule has 1 aliphatic rings. The third-order valence-electron chi connectivity index (χ3n) is 3.87. The van der Waals surface area contributed by atoms with Gasteiger partial charge in [0.2, 0.25) is 0 Å². The third-order valence-corrected chi connectivity index (χ3v) is 8.04. The number of carbonyl (C=O) groups excluding carboxylic acids is 1. The lowest BCUT2D eigenvalue weighted by Gasteiger charge is -2.11. The van der Waals surface area contributed by atoms with Gasteiger partial charge in [-0.05, 0) is 31.0 Å². The highest BCUT2D eigenvalue weighted by atomic mass is 32.2. The number of methoxy groups -OCH3 is 1. The molecule has 7 nitrogen and oxygen atoms in total. The number of rotatable bonds is 7. The van der Waals surface area contributed by atoms with Crippen molar-refractivity contribution in [3.05, 3.63) is 29.8 Å². The number of nitrogens with one attached hydrogen (secondary N) is 1. The Balaban J connectivity index is 2.13. The Morgan fingerprint density at radius 2 is 2.12 bits per heavy atom. The lowest BCUT2D eigenvalue weighted by Crippen LogP contribution is -2.26. The molecular weight excluding hydrogens is 354 g/mol. The first-order chi connectivity index (χ1) is 11.3. The van der Waals surface area contributed by atoms with Crippen molar-refractivity contribution in [3.8, 4) is 0 Å². The topological polar surface area (TPSA) is 107 Å². The first-order valence-electron chi connectivity index (χ1n) is 7.58. The van der Waals surface area contributed by atoms with Crippen LogP contribution in [0.15, 0.2) is 29.2 Å². The van der Waals surface area contributed by atoms with Gasteiger partial charge < -0.3 is 10.1 Å². The zero-order chi connectivity index (χ0) is 17.8. The lowest BCUT2D eigenvalue weighted by atomic mass is 10.2. The number of hydrogen-bond acceptors (Lipinski definition) is 6. The lowest BCUT2D eigenvalue weighted by molar-refractivity contribution is 0.0948. The van der Waals surface area contributed by atoms with Crippen LogP contribution in [0.25, 0.3) is 0 Å². The standard InChI is InChI=1S/C15H21NO6S2/c1-22-8-3-7-16-15(17)12-4-2-5-13(10-12)24(20,21)14-6-9-23(18,19)11-14/h2,4-5,10,14H,3,6-9,11H2,1H3,(H,16,17). The average molecular weight is 375 g/mol. The molecule has 1 fully saturated rings. The number of sulfone groups is 2. The number of carbonyl (C=O) groups is 1. The van der Waals surface area contributed by atoms with Crippen LogP contribution in [0.4, 0.5) is 0 Å². The Morgan fingerprint density at radius 1 is 1.38 bits per heavy atom. The first kappa shape index (κ1) is 18.9. The van der Waals surface area contributed by atoms with Crippen LogP contribution in [0.1, 0.15) is 23.2 Å². The van der Waals surface area contributed by atoms with E-state index in [0.717, 1.165) is 0 Å².